The van der Waals surface area contributed by atoms with E-state index in [1.165, 1.54) is 13.0 Å². The van der Waals surface area contributed by atoms with Crippen LogP contribution in [-0.2, 0) is 19.1 Å². The van der Waals surface area contributed by atoms with Gasteiger partial charge in [-0.05, 0) is 23.7 Å². The summed E-state index contributed by atoms with van der Waals surface area (Å²) < 4.78 is 15.6. The number of rotatable bonds is 14. The Balaban J connectivity index is 2.47. The van der Waals surface area contributed by atoms with E-state index in [-0.39, 0.29) is 38.2 Å². The summed E-state index contributed by atoms with van der Waals surface area (Å²) in [5.74, 6) is -1.25. The highest BCUT2D eigenvalue weighted by atomic mass is 16.6. The van der Waals surface area contributed by atoms with Crippen LogP contribution in [0.25, 0.3) is 10.4 Å². The lowest BCUT2D eigenvalue weighted by atomic mass is 10.2. The SMILES string of the molecule is CC(=O)NCCNC(=O)c1cccc(OCC(N=[N+]=[N-])OCCOCC(=O)O)c1. The van der Waals surface area contributed by atoms with Gasteiger partial charge >= 0.3 is 5.97 Å². The smallest absolute Gasteiger partial charge is 0.329 e. The molecular weight excluding hydrogens is 386 g/mol. The molecule has 1 rings (SSSR count). The third-order valence-corrected chi connectivity index (χ3v) is 3.22. The summed E-state index contributed by atoms with van der Waals surface area (Å²) in [5.41, 5.74) is 8.95. The van der Waals surface area contributed by atoms with E-state index in [4.69, 9.17) is 24.8 Å². The van der Waals surface area contributed by atoms with Crippen LogP contribution in [0.3, 0.4) is 0 Å². The second-order valence-corrected chi connectivity index (χ2v) is 5.55. The molecule has 0 saturated heterocycles. The van der Waals surface area contributed by atoms with Crippen molar-refractivity contribution in [1.82, 2.24) is 10.6 Å². The lowest BCUT2D eigenvalue weighted by Crippen LogP contribution is -2.33. The van der Waals surface area contributed by atoms with E-state index in [1.807, 2.05) is 0 Å². The first kappa shape index (κ1) is 23.7. The van der Waals surface area contributed by atoms with Gasteiger partial charge in [-0.15, -0.1) is 0 Å². The highest BCUT2D eigenvalue weighted by Gasteiger charge is 2.10. The number of nitrogens with one attached hydrogen (secondary N) is 2. The number of amides is 2. The topological polar surface area (TPSA) is 172 Å². The second-order valence-electron chi connectivity index (χ2n) is 5.55. The monoisotopic (exact) mass is 409 g/mol. The number of carbonyl (C=O) groups excluding carboxylic acids is 2. The lowest BCUT2D eigenvalue weighted by molar-refractivity contribution is -0.143. The fraction of sp³-hybridized carbons (Fsp3) is 0.471. The normalized spacial score (nSPS) is 11.1. The Morgan fingerprint density at radius 2 is 2.00 bits per heavy atom. The molecule has 29 heavy (non-hydrogen) atoms. The molecule has 0 fully saturated rings. The van der Waals surface area contributed by atoms with Crippen LogP contribution >= 0.6 is 0 Å². The molecule has 3 N–H and O–H groups in total. The molecule has 0 saturated carbocycles. The fourth-order valence-corrected chi connectivity index (χ4v) is 1.99. The Bertz CT molecular complexity index is 737. The van der Waals surface area contributed by atoms with Gasteiger partial charge in [0.1, 0.15) is 19.0 Å². The number of ether oxygens (including phenoxy) is 3. The zero-order valence-corrected chi connectivity index (χ0v) is 15.9. The van der Waals surface area contributed by atoms with Crippen LogP contribution in [-0.4, -0.2) is 68.6 Å². The summed E-state index contributed by atoms with van der Waals surface area (Å²) in [7, 11) is 0. The van der Waals surface area contributed by atoms with Crippen molar-refractivity contribution in [2.24, 2.45) is 5.11 Å². The molecule has 1 aromatic carbocycles. The van der Waals surface area contributed by atoms with E-state index in [9.17, 15) is 14.4 Å². The van der Waals surface area contributed by atoms with E-state index >= 15 is 0 Å². The van der Waals surface area contributed by atoms with Gasteiger partial charge in [0.05, 0.1) is 13.2 Å². The van der Waals surface area contributed by atoms with E-state index < -0.39 is 18.8 Å². The number of azide groups is 1. The minimum absolute atomic E-state index is 0.0110. The Morgan fingerprint density at radius 3 is 2.69 bits per heavy atom. The van der Waals surface area contributed by atoms with Gasteiger partial charge in [0.15, 0.2) is 6.23 Å². The number of hydrogen-bond donors (Lipinski definition) is 3. The molecule has 2 amide bonds. The molecule has 0 aromatic heterocycles. The number of nitrogens with zero attached hydrogens (tertiary/aromatic N) is 3. The number of benzene rings is 1. The molecule has 0 aliphatic heterocycles. The van der Waals surface area contributed by atoms with Gasteiger partial charge in [0.2, 0.25) is 5.91 Å². The standard InChI is InChI=1S/C17H23N5O7/c1-12(23)19-5-6-20-17(26)13-3-2-4-14(9-13)29-10-15(21-22-18)28-8-7-27-11-16(24)25/h2-4,9,15H,5-8,10-11H2,1H3,(H,19,23)(H,20,26)(H,24,25). The van der Waals surface area contributed by atoms with Gasteiger partial charge in [-0.2, -0.15) is 0 Å². The quantitative estimate of drug-likeness (QED) is 0.175. The van der Waals surface area contributed by atoms with Crippen LogP contribution in [0.5, 0.6) is 5.75 Å². The van der Waals surface area contributed by atoms with Crippen molar-refractivity contribution < 1.29 is 33.7 Å². The zero-order valence-electron chi connectivity index (χ0n) is 15.9. The first-order valence-electron chi connectivity index (χ1n) is 8.63. The van der Waals surface area contributed by atoms with E-state index in [0.717, 1.165) is 0 Å². The molecule has 1 unspecified atom stereocenters. The molecule has 0 aliphatic carbocycles. The maximum Gasteiger partial charge on any atom is 0.329 e. The van der Waals surface area contributed by atoms with E-state index in [1.54, 1.807) is 18.2 Å². The molecule has 12 heteroatoms. The zero-order chi connectivity index (χ0) is 21.5. The van der Waals surface area contributed by atoms with Crippen LogP contribution in [0.15, 0.2) is 29.4 Å². The molecule has 12 nitrogen and oxygen atoms in total. The Kier molecular flexibility index (Phi) is 11.3. The first-order valence-corrected chi connectivity index (χ1v) is 8.63. The minimum atomic E-state index is -1.10. The van der Waals surface area contributed by atoms with Crippen LogP contribution in [0.1, 0.15) is 17.3 Å². The molecule has 158 valence electrons. The maximum absolute atomic E-state index is 12.1. The largest absolute Gasteiger partial charge is 0.491 e. The van der Waals surface area contributed by atoms with Crippen molar-refractivity contribution in [3.05, 3.63) is 40.3 Å². The minimum Gasteiger partial charge on any atom is -0.491 e. The summed E-state index contributed by atoms with van der Waals surface area (Å²) in [5, 5.41) is 17.1. The summed E-state index contributed by atoms with van der Waals surface area (Å²) >= 11 is 0. The highest BCUT2D eigenvalue weighted by molar-refractivity contribution is 5.94. The molecule has 1 atom stereocenters. The fourth-order valence-electron chi connectivity index (χ4n) is 1.99. The Morgan fingerprint density at radius 1 is 1.24 bits per heavy atom. The molecular formula is C17H23N5O7. The summed E-state index contributed by atoms with van der Waals surface area (Å²) in [4.78, 5) is 35.9. The van der Waals surface area contributed by atoms with Gasteiger partial charge in [-0.1, -0.05) is 11.2 Å². The van der Waals surface area contributed by atoms with Crippen molar-refractivity contribution in [1.29, 1.82) is 0 Å². The number of hydrogen-bond acceptors (Lipinski definition) is 7. The van der Waals surface area contributed by atoms with Crippen molar-refractivity contribution in [3.63, 3.8) is 0 Å². The van der Waals surface area contributed by atoms with Crippen molar-refractivity contribution in [2.45, 2.75) is 13.2 Å². The number of carbonyl (C=O) groups is 3. The van der Waals surface area contributed by atoms with Crippen LogP contribution in [0.4, 0.5) is 0 Å². The number of carboxylic acid groups (broad SMARTS) is 1. The molecule has 0 radical (unpaired) electrons. The van der Waals surface area contributed by atoms with Gasteiger partial charge in [-0.25, -0.2) is 4.79 Å². The van der Waals surface area contributed by atoms with Gasteiger partial charge in [0, 0.05) is 30.5 Å². The average Bonchev–Trinajstić information content (AvgIpc) is 2.68. The average molecular weight is 409 g/mol. The molecule has 1 aromatic rings. The second kappa shape index (κ2) is 13.8. The molecule has 0 aliphatic rings. The predicted octanol–water partition coefficient (Wildman–Crippen LogP) is 0.685. The van der Waals surface area contributed by atoms with Crippen molar-refractivity contribution >= 4 is 17.8 Å². The Labute approximate surface area is 166 Å². The predicted molar refractivity (Wildman–Crippen MR) is 100 cm³/mol. The summed E-state index contributed by atoms with van der Waals surface area (Å²) in [6.07, 6.45) is -0.955. The first-order chi connectivity index (χ1) is 13.9. The highest BCUT2D eigenvalue weighted by Crippen LogP contribution is 2.14. The van der Waals surface area contributed by atoms with E-state index in [2.05, 4.69) is 20.7 Å². The number of aliphatic carboxylic acids is 1. The summed E-state index contributed by atoms with van der Waals surface area (Å²) in [6.45, 7) is 1.44. The van der Waals surface area contributed by atoms with Crippen molar-refractivity contribution in [2.75, 3.05) is 39.5 Å². The maximum atomic E-state index is 12.1. The summed E-state index contributed by atoms with van der Waals surface area (Å²) in [6, 6.07) is 6.36. The molecule has 0 heterocycles. The van der Waals surface area contributed by atoms with Gasteiger partial charge < -0.3 is 30.0 Å². The van der Waals surface area contributed by atoms with Crippen LogP contribution in [0, 0.1) is 0 Å². The lowest BCUT2D eigenvalue weighted by Gasteiger charge is -2.14. The van der Waals surface area contributed by atoms with Crippen LogP contribution < -0.4 is 15.4 Å². The molecule has 0 bridgehead atoms. The van der Waals surface area contributed by atoms with Gasteiger partial charge in [0.25, 0.3) is 5.91 Å². The van der Waals surface area contributed by atoms with Crippen LogP contribution in [0.2, 0.25) is 0 Å². The van der Waals surface area contributed by atoms with E-state index in [0.29, 0.717) is 17.9 Å². The number of carboxylic acids is 1. The third kappa shape index (κ3) is 11.2. The Hall–Kier alpha value is -3.34. The van der Waals surface area contributed by atoms with Crippen molar-refractivity contribution in [3.8, 4) is 5.75 Å². The van der Waals surface area contributed by atoms with Gasteiger partial charge in [-0.3, -0.25) is 9.59 Å². The molecule has 0 spiro atoms. The third-order valence-electron chi connectivity index (χ3n) is 3.22.